The number of aryl methyl sites for hydroxylation is 1. The summed E-state index contributed by atoms with van der Waals surface area (Å²) in [6.45, 7) is 1.88. The van der Waals surface area contributed by atoms with E-state index in [1.165, 1.54) is 7.11 Å². The van der Waals surface area contributed by atoms with Crippen molar-refractivity contribution in [3.05, 3.63) is 52.5 Å². The Bertz CT molecular complexity index is 1060. The van der Waals surface area contributed by atoms with Crippen LogP contribution in [0, 0.1) is 6.92 Å². The van der Waals surface area contributed by atoms with E-state index in [0.29, 0.717) is 28.7 Å². The molecule has 1 heterocycles. The minimum Gasteiger partial charge on any atom is -0.493 e. The van der Waals surface area contributed by atoms with Crippen molar-refractivity contribution >= 4 is 27.3 Å². The summed E-state index contributed by atoms with van der Waals surface area (Å²) in [5.74, 6) is 1.42. The van der Waals surface area contributed by atoms with Gasteiger partial charge in [0.15, 0.2) is 27.9 Å². The number of ether oxygens (including phenoxy) is 3. The summed E-state index contributed by atoms with van der Waals surface area (Å²) in [5, 5.41) is 0.586. The molecule has 0 aromatic heterocycles. The molecule has 9 heteroatoms. The predicted molar refractivity (Wildman–Crippen MR) is 119 cm³/mol. The van der Waals surface area contributed by atoms with E-state index in [2.05, 4.69) is 0 Å². The van der Waals surface area contributed by atoms with Crippen LogP contribution in [0.4, 0.5) is 0 Å². The molecule has 0 aliphatic carbocycles. The first kappa shape index (κ1) is 23.2. The molecule has 2 aromatic rings. The van der Waals surface area contributed by atoms with Crippen LogP contribution < -0.4 is 14.2 Å². The van der Waals surface area contributed by atoms with Gasteiger partial charge >= 0.3 is 0 Å². The molecule has 0 saturated carbocycles. The minimum absolute atomic E-state index is 0.0496. The highest BCUT2D eigenvalue weighted by atomic mass is 35.5. The third-order valence-electron chi connectivity index (χ3n) is 5.26. The van der Waals surface area contributed by atoms with Crippen molar-refractivity contribution in [2.45, 2.75) is 25.9 Å². The number of nitrogens with zero attached hydrogens (tertiary/aromatic N) is 1. The minimum atomic E-state index is -3.16. The van der Waals surface area contributed by atoms with Crippen LogP contribution in [0.2, 0.25) is 5.02 Å². The number of hydrogen-bond donors (Lipinski definition) is 0. The topological polar surface area (TPSA) is 82.1 Å². The van der Waals surface area contributed by atoms with Gasteiger partial charge in [0.1, 0.15) is 5.75 Å². The Morgan fingerprint density at radius 1 is 1.10 bits per heavy atom. The number of halogens is 1. The molecule has 0 bridgehead atoms. The van der Waals surface area contributed by atoms with Gasteiger partial charge in [0.2, 0.25) is 0 Å². The van der Waals surface area contributed by atoms with E-state index < -0.39 is 15.9 Å². The molecule has 7 nitrogen and oxygen atoms in total. The smallest absolute Gasteiger partial charge is 0.261 e. The van der Waals surface area contributed by atoms with Crippen LogP contribution in [0.25, 0.3) is 0 Å². The van der Waals surface area contributed by atoms with Crippen molar-refractivity contribution in [3.63, 3.8) is 0 Å². The Hall–Kier alpha value is -2.45. The molecule has 1 fully saturated rings. The Labute approximate surface area is 187 Å². The molecule has 168 valence electrons. The number of benzene rings is 2. The average molecular weight is 468 g/mol. The Kier molecular flexibility index (Phi) is 7.33. The van der Waals surface area contributed by atoms with E-state index in [4.69, 9.17) is 25.8 Å². The fourth-order valence-electron chi connectivity index (χ4n) is 3.61. The van der Waals surface area contributed by atoms with Crippen LogP contribution in [0.1, 0.15) is 17.5 Å². The molecule has 1 amide bonds. The van der Waals surface area contributed by atoms with E-state index in [1.54, 1.807) is 42.3 Å². The lowest BCUT2D eigenvalue weighted by molar-refractivity contribution is -0.136. The molecule has 2 aromatic carbocycles. The van der Waals surface area contributed by atoms with Gasteiger partial charge in [-0.2, -0.15) is 0 Å². The summed E-state index contributed by atoms with van der Waals surface area (Å²) in [7, 11) is -0.0759. The summed E-state index contributed by atoms with van der Waals surface area (Å²) < 4.78 is 40.4. The van der Waals surface area contributed by atoms with Gasteiger partial charge in [0.05, 0.1) is 25.7 Å². The monoisotopic (exact) mass is 467 g/mol. The van der Waals surface area contributed by atoms with Gasteiger partial charge in [-0.05, 0) is 54.8 Å². The van der Waals surface area contributed by atoms with E-state index >= 15 is 0 Å². The van der Waals surface area contributed by atoms with Crippen molar-refractivity contribution in [2.24, 2.45) is 0 Å². The lowest BCUT2D eigenvalue weighted by Crippen LogP contribution is -2.43. The number of amides is 1. The largest absolute Gasteiger partial charge is 0.493 e. The number of sulfone groups is 1. The molecular weight excluding hydrogens is 442 g/mol. The van der Waals surface area contributed by atoms with Crippen LogP contribution >= 0.6 is 11.6 Å². The molecule has 1 aliphatic rings. The summed E-state index contributed by atoms with van der Waals surface area (Å²) >= 11 is 5.97. The molecule has 0 unspecified atom stereocenters. The van der Waals surface area contributed by atoms with Gasteiger partial charge in [-0.1, -0.05) is 17.7 Å². The van der Waals surface area contributed by atoms with Crippen LogP contribution in [0.5, 0.6) is 17.2 Å². The standard InChI is InChI=1S/C22H26ClNO6S/c1-15-10-17(23)5-7-19(15)30-13-22(25)24(18-8-9-31(26,27)14-18)12-16-4-6-20(28-2)21(11-16)29-3/h4-7,10-11,18H,8-9,12-14H2,1-3H3/t18-/m0/s1. The first-order valence-corrected chi connectivity index (χ1v) is 12.0. The SMILES string of the molecule is COc1ccc(CN(C(=O)COc2ccc(Cl)cc2C)[C@H]2CCS(=O)(=O)C2)cc1OC. The van der Waals surface area contributed by atoms with Crippen molar-refractivity contribution in [1.29, 1.82) is 0 Å². The van der Waals surface area contributed by atoms with Gasteiger partial charge < -0.3 is 19.1 Å². The Morgan fingerprint density at radius 2 is 1.81 bits per heavy atom. The van der Waals surface area contributed by atoms with Crippen LogP contribution in [0.3, 0.4) is 0 Å². The molecule has 1 saturated heterocycles. The van der Waals surface area contributed by atoms with E-state index in [9.17, 15) is 13.2 Å². The lowest BCUT2D eigenvalue weighted by Gasteiger charge is -2.29. The first-order valence-electron chi connectivity index (χ1n) is 9.82. The van der Waals surface area contributed by atoms with Gasteiger partial charge in [-0.15, -0.1) is 0 Å². The molecule has 1 atom stereocenters. The number of carbonyl (C=O) groups is 1. The van der Waals surface area contributed by atoms with Crippen molar-refractivity contribution in [1.82, 2.24) is 4.90 Å². The first-order chi connectivity index (χ1) is 14.7. The van der Waals surface area contributed by atoms with Gasteiger partial charge in [-0.25, -0.2) is 8.42 Å². The number of carbonyl (C=O) groups excluding carboxylic acids is 1. The molecule has 0 N–H and O–H groups in total. The second kappa shape index (κ2) is 9.78. The third kappa shape index (κ3) is 5.83. The Balaban J connectivity index is 1.80. The quantitative estimate of drug-likeness (QED) is 0.592. The number of hydrogen-bond acceptors (Lipinski definition) is 6. The highest BCUT2D eigenvalue weighted by Gasteiger charge is 2.35. The average Bonchev–Trinajstić information content (AvgIpc) is 3.10. The maximum Gasteiger partial charge on any atom is 0.261 e. The predicted octanol–water partition coefficient (Wildman–Crippen LogP) is 3.26. The van der Waals surface area contributed by atoms with Crippen LogP contribution in [-0.2, 0) is 21.2 Å². The summed E-state index contributed by atoms with van der Waals surface area (Å²) in [5.41, 5.74) is 1.62. The molecule has 1 aliphatic heterocycles. The van der Waals surface area contributed by atoms with Crippen molar-refractivity contribution in [3.8, 4) is 17.2 Å². The zero-order valence-electron chi connectivity index (χ0n) is 17.8. The highest BCUT2D eigenvalue weighted by molar-refractivity contribution is 7.91. The fraction of sp³-hybridized carbons (Fsp3) is 0.409. The second-order valence-corrected chi connectivity index (χ2v) is 10.1. The van der Waals surface area contributed by atoms with E-state index in [-0.39, 0.29) is 30.6 Å². The molecular formula is C22H26ClNO6S. The van der Waals surface area contributed by atoms with Crippen molar-refractivity contribution < 1.29 is 27.4 Å². The van der Waals surface area contributed by atoms with Gasteiger partial charge in [-0.3, -0.25) is 4.79 Å². The maximum absolute atomic E-state index is 13.1. The normalized spacial score (nSPS) is 17.2. The Morgan fingerprint density at radius 3 is 2.42 bits per heavy atom. The summed E-state index contributed by atoms with van der Waals surface area (Å²) in [4.78, 5) is 14.7. The molecule has 31 heavy (non-hydrogen) atoms. The van der Waals surface area contributed by atoms with Gasteiger partial charge in [0.25, 0.3) is 5.91 Å². The summed E-state index contributed by atoms with van der Waals surface area (Å²) in [6.07, 6.45) is 0.404. The van der Waals surface area contributed by atoms with Crippen molar-refractivity contribution in [2.75, 3.05) is 32.3 Å². The molecule has 0 spiro atoms. The highest BCUT2D eigenvalue weighted by Crippen LogP contribution is 2.29. The molecule has 0 radical (unpaired) electrons. The van der Waals surface area contributed by atoms with E-state index in [0.717, 1.165) is 11.1 Å². The maximum atomic E-state index is 13.1. The zero-order valence-corrected chi connectivity index (χ0v) is 19.3. The van der Waals surface area contributed by atoms with Crippen LogP contribution in [-0.4, -0.2) is 57.6 Å². The number of methoxy groups -OCH3 is 2. The van der Waals surface area contributed by atoms with Gasteiger partial charge in [0, 0.05) is 17.6 Å². The number of rotatable bonds is 8. The zero-order chi connectivity index (χ0) is 22.6. The third-order valence-corrected chi connectivity index (χ3v) is 7.24. The van der Waals surface area contributed by atoms with Crippen LogP contribution in [0.15, 0.2) is 36.4 Å². The fourth-order valence-corrected chi connectivity index (χ4v) is 5.57. The molecule has 3 rings (SSSR count). The summed E-state index contributed by atoms with van der Waals surface area (Å²) in [6, 6.07) is 10.1. The second-order valence-electron chi connectivity index (χ2n) is 7.47. The van der Waals surface area contributed by atoms with E-state index in [1.807, 2.05) is 13.0 Å². The lowest BCUT2D eigenvalue weighted by atomic mass is 10.1.